The topological polar surface area (TPSA) is 58.6 Å². The molecule has 1 N–H and O–H groups in total. The summed E-state index contributed by atoms with van der Waals surface area (Å²) in [6.07, 6.45) is 3.09. The van der Waals surface area contributed by atoms with Crippen molar-refractivity contribution < 1.29 is 18.7 Å². The third kappa shape index (κ3) is 2.14. The van der Waals surface area contributed by atoms with Crippen LogP contribution in [-0.4, -0.2) is 29.5 Å². The van der Waals surface area contributed by atoms with Crippen LogP contribution in [0.4, 0.5) is 9.18 Å². The van der Waals surface area contributed by atoms with E-state index in [0.717, 1.165) is 12.8 Å². The highest BCUT2D eigenvalue weighted by atomic mass is 19.1. The smallest absolute Gasteiger partial charge is 0.325 e. The molecular weight excluding hydrogens is 275 g/mol. The van der Waals surface area contributed by atoms with Crippen molar-refractivity contribution in [1.82, 2.24) is 10.2 Å². The minimum Gasteiger partial charge on any atom is -0.497 e. The van der Waals surface area contributed by atoms with Crippen LogP contribution in [0.3, 0.4) is 0 Å². The zero-order valence-electron chi connectivity index (χ0n) is 11.8. The molecule has 1 aliphatic carbocycles. The van der Waals surface area contributed by atoms with Gasteiger partial charge in [-0.3, -0.25) is 10.1 Å². The molecular formula is C15H17FN2O3. The number of rotatable bonds is 3. The monoisotopic (exact) mass is 292 g/mol. The summed E-state index contributed by atoms with van der Waals surface area (Å²) >= 11 is 0. The quantitative estimate of drug-likeness (QED) is 0.869. The van der Waals surface area contributed by atoms with Gasteiger partial charge in [-0.1, -0.05) is 18.9 Å². The molecule has 112 valence electrons. The van der Waals surface area contributed by atoms with Crippen LogP contribution in [0.1, 0.15) is 31.2 Å². The standard InChI is InChI=1S/C15H17FN2O3/c1-21-11-5-4-10(12(16)8-11)9-18-14(20)17-13(19)15(18)6-2-3-7-15/h4-5,8H,2-3,6-7,9H2,1H3,(H,17,19,20). The fourth-order valence-electron chi connectivity index (χ4n) is 3.23. The van der Waals surface area contributed by atoms with E-state index in [-0.39, 0.29) is 12.5 Å². The van der Waals surface area contributed by atoms with Crippen molar-refractivity contribution in [2.24, 2.45) is 0 Å². The molecule has 1 aromatic carbocycles. The lowest BCUT2D eigenvalue weighted by Gasteiger charge is -2.31. The number of carbonyl (C=O) groups excluding carboxylic acids is 2. The third-order valence-electron chi connectivity index (χ3n) is 4.42. The van der Waals surface area contributed by atoms with E-state index in [0.29, 0.717) is 24.2 Å². The number of methoxy groups -OCH3 is 1. The summed E-state index contributed by atoms with van der Waals surface area (Å²) in [4.78, 5) is 25.6. The number of urea groups is 1. The first-order chi connectivity index (χ1) is 10.1. The third-order valence-corrected chi connectivity index (χ3v) is 4.42. The molecule has 0 radical (unpaired) electrons. The lowest BCUT2D eigenvalue weighted by atomic mass is 9.95. The van der Waals surface area contributed by atoms with Gasteiger partial charge < -0.3 is 9.64 Å². The van der Waals surface area contributed by atoms with Crippen molar-refractivity contribution in [2.45, 2.75) is 37.8 Å². The molecule has 1 aliphatic heterocycles. The summed E-state index contributed by atoms with van der Waals surface area (Å²) in [6.45, 7) is 0.0907. The van der Waals surface area contributed by atoms with Crippen molar-refractivity contribution in [3.8, 4) is 5.75 Å². The molecule has 2 fully saturated rings. The first kappa shape index (κ1) is 13.9. The summed E-state index contributed by atoms with van der Waals surface area (Å²) in [5, 5.41) is 2.36. The zero-order valence-corrected chi connectivity index (χ0v) is 11.8. The predicted molar refractivity (Wildman–Crippen MR) is 73.2 cm³/mol. The van der Waals surface area contributed by atoms with Crippen molar-refractivity contribution in [3.05, 3.63) is 29.6 Å². The zero-order chi connectivity index (χ0) is 15.0. The van der Waals surface area contributed by atoms with Crippen molar-refractivity contribution in [1.29, 1.82) is 0 Å². The number of amides is 3. The number of carbonyl (C=O) groups is 2. The SMILES string of the molecule is COc1ccc(CN2C(=O)NC(=O)C23CCCC3)c(F)c1. The molecule has 6 heteroatoms. The van der Waals surface area contributed by atoms with E-state index < -0.39 is 17.4 Å². The fraction of sp³-hybridized carbons (Fsp3) is 0.467. The minimum atomic E-state index is -0.788. The fourth-order valence-corrected chi connectivity index (χ4v) is 3.23. The van der Waals surface area contributed by atoms with Gasteiger partial charge in [-0.05, 0) is 18.9 Å². The Balaban J connectivity index is 1.89. The Morgan fingerprint density at radius 2 is 2.05 bits per heavy atom. The minimum absolute atomic E-state index is 0.0907. The predicted octanol–water partition coefficient (Wildman–Crippen LogP) is 2.20. The molecule has 0 unspecified atom stereocenters. The Labute approximate surface area is 122 Å². The van der Waals surface area contributed by atoms with Crippen LogP contribution in [0.2, 0.25) is 0 Å². The number of benzene rings is 1. The molecule has 1 saturated heterocycles. The summed E-state index contributed by atoms with van der Waals surface area (Å²) in [5.74, 6) is -0.262. The van der Waals surface area contributed by atoms with Crippen molar-refractivity contribution >= 4 is 11.9 Å². The Kier molecular flexibility index (Phi) is 3.31. The Morgan fingerprint density at radius 1 is 1.33 bits per heavy atom. The van der Waals surface area contributed by atoms with E-state index >= 15 is 0 Å². The van der Waals surface area contributed by atoms with E-state index in [9.17, 15) is 14.0 Å². The second-order valence-electron chi connectivity index (χ2n) is 5.54. The highest BCUT2D eigenvalue weighted by molar-refractivity contribution is 6.07. The lowest BCUT2D eigenvalue weighted by Crippen LogP contribution is -2.46. The van der Waals surface area contributed by atoms with Gasteiger partial charge in [0.25, 0.3) is 5.91 Å². The maximum Gasteiger partial charge on any atom is 0.325 e. The molecule has 5 nitrogen and oxygen atoms in total. The van der Waals surface area contributed by atoms with Crippen LogP contribution in [0, 0.1) is 5.82 Å². The maximum atomic E-state index is 14.1. The number of hydrogen-bond acceptors (Lipinski definition) is 3. The highest BCUT2D eigenvalue weighted by Gasteiger charge is 2.54. The first-order valence-corrected chi connectivity index (χ1v) is 7.02. The molecule has 1 heterocycles. The van der Waals surface area contributed by atoms with Crippen LogP contribution in [0.25, 0.3) is 0 Å². The van der Waals surface area contributed by atoms with Crippen LogP contribution in [0.5, 0.6) is 5.75 Å². The van der Waals surface area contributed by atoms with E-state index in [1.54, 1.807) is 12.1 Å². The molecule has 0 aromatic heterocycles. The van der Waals surface area contributed by atoms with E-state index in [1.807, 2.05) is 0 Å². The second-order valence-corrected chi connectivity index (χ2v) is 5.54. The van der Waals surface area contributed by atoms with E-state index in [4.69, 9.17) is 4.74 Å². The first-order valence-electron chi connectivity index (χ1n) is 7.02. The summed E-state index contributed by atoms with van der Waals surface area (Å²) < 4.78 is 19.0. The normalized spacial score (nSPS) is 20.2. The molecule has 1 aromatic rings. The number of halogens is 1. The molecule has 21 heavy (non-hydrogen) atoms. The summed E-state index contributed by atoms with van der Waals surface area (Å²) in [7, 11) is 1.47. The van der Waals surface area contributed by atoms with Crippen LogP contribution in [-0.2, 0) is 11.3 Å². The largest absolute Gasteiger partial charge is 0.497 e. The van der Waals surface area contributed by atoms with E-state index in [2.05, 4.69) is 5.32 Å². The van der Waals surface area contributed by atoms with Gasteiger partial charge >= 0.3 is 6.03 Å². The average molecular weight is 292 g/mol. The lowest BCUT2D eigenvalue weighted by molar-refractivity contribution is -0.126. The van der Waals surface area contributed by atoms with Gasteiger partial charge in [-0.15, -0.1) is 0 Å². The van der Waals surface area contributed by atoms with Gasteiger partial charge in [-0.25, -0.2) is 9.18 Å². The Morgan fingerprint density at radius 3 is 2.67 bits per heavy atom. The van der Waals surface area contributed by atoms with Gasteiger partial charge in [0.05, 0.1) is 13.7 Å². The molecule has 3 rings (SSSR count). The molecule has 0 bridgehead atoms. The maximum absolute atomic E-state index is 14.1. The number of imide groups is 1. The van der Waals surface area contributed by atoms with Gasteiger partial charge in [0.2, 0.25) is 0 Å². The number of ether oxygens (including phenoxy) is 1. The molecule has 1 saturated carbocycles. The summed E-state index contributed by atoms with van der Waals surface area (Å²) in [6, 6.07) is 4.09. The average Bonchev–Trinajstić information content (AvgIpc) is 3.03. The molecule has 1 spiro atoms. The van der Waals surface area contributed by atoms with Crippen LogP contribution in [0.15, 0.2) is 18.2 Å². The molecule has 2 aliphatic rings. The van der Waals surface area contributed by atoms with Gasteiger partial charge in [0.1, 0.15) is 17.1 Å². The molecule has 3 amide bonds. The van der Waals surface area contributed by atoms with E-state index in [1.165, 1.54) is 18.1 Å². The highest BCUT2D eigenvalue weighted by Crippen LogP contribution is 2.39. The number of nitrogens with zero attached hydrogens (tertiary/aromatic N) is 1. The van der Waals surface area contributed by atoms with Crippen LogP contribution < -0.4 is 10.1 Å². The Hall–Kier alpha value is -2.11. The van der Waals surface area contributed by atoms with Gasteiger partial charge in [-0.2, -0.15) is 0 Å². The number of hydrogen-bond donors (Lipinski definition) is 1. The van der Waals surface area contributed by atoms with Gasteiger partial charge in [0, 0.05) is 11.6 Å². The summed E-state index contributed by atoms with van der Waals surface area (Å²) in [5.41, 5.74) is -0.407. The van der Waals surface area contributed by atoms with Crippen molar-refractivity contribution in [3.63, 3.8) is 0 Å². The van der Waals surface area contributed by atoms with Crippen molar-refractivity contribution in [2.75, 3.05) is 7.11 Å². The van der Waals surface area contributed by atoms with Crippen LogP contribution >= 0.6 is 0 Å². The van der Waals surface area contributed by atoms with Gasteiger partial charge in [0.15, 0.2) is 0 Å². The molecule has 0 atom stereocenters. The Bertz CT molecular complexity index is 597. The number of nitrogens with one attached hydrogen (secondary N) is 1. The second kappa shape index (κ2) is 5.02.